The molecule has 0 heterocycles. The van der Waals surface area contributed by atoms with Gasteiger partial charge in [0.05, 0.1) is 23.7 Å². The summed E-state index contributed by atoms with van der Waals surface area (Å²) in [6, 6.07) is 5.54. The number of nitrogens with two attached hydrogens (primary N) is 1. The highest BCUT2D eigenvalue weighted by molar-refractivity contribution is 7.90. The molecule has 0 spiro atoms. The molecule has 0 fully saturated rings. The number of hydrogen-bond donors (Lipinski definition) is 2. The summed E-state index contributed by atoms with van der Waals surface area (Å²) in [4.78, 5) is 0. The lowest BCUT2D eigenvalue weighted by Gasteiger charge is -2.13. The Balaban J connectivity index is 2.54. The van der Waals surface area contributed by atoms with Gasteiger partial charge in [0.15, 0.2) is 0 Å². The molecule has 0 atom stereocenters. The van der Waals surface area contributed by atoms with Gasteiger partial charge in [-0.05, 0) is 25.0 Å². The largest absolute Gasteiger partial charge is 0.491 e. The maximum Gasteiger partial charge on any atom is 0.147 e. The van der Waals surface area contributed by atoms with Crippen LogP contribution in [-0.4, -0.2) is 33.6 Å². The summed E-state index contributed by atoms with van der Waals surface area (Å²) in [6.07, 6.45) is 2.71. The van der Waals surface area contributed by atoms with E-state index in [0.717, 1.165) is 12.1 Å². The molecule has 0 aliphatic carbocycles. The first-order chi connectivity index (χ1) is 8.94. The number of rotatable bonds is 8. The predicted octanol–water partition coefficient (Wildman–Crippen LogP) is 1.90. The second-order valence-electron chi connectivity index (χ2n) is 4.48. The van der Waals surface area contributed by atoms with Crippen LogP contribution in [-0.2, 0) is 9.84 Å². The molecule has 0 aliphatic heterocycles. The zero-order chi connectivity index (χ0) is 14.3. The molecule has 0 radical (unpaired) electrons. The number of sulfone groups is 1. The van der Waals surface area contributed by atoms with E-state index < -0.39 is 9.84 Å². The third-order valence-electron chi connectivity index (χ3n) is 2.54. The third kappa shape index (κ3) is 5.83. The van der Waals surface area contributed by atoms with Crippen LogP contribution in [0.5, 0.6) is 5.75 Å². The Bertz CT molecular complexity index is 501. The molecule has 0 saturated carbocycles. The SMILES string of the molecule is CCCOc1cccc(NCCCS(C)(=O)=O)c1N. The van der Waals surface area contributed by atoms with Gasteiger partial charge in [-0.25, -0.2) is 8.42 Å². The van der Waals surface area contributed by atoms with Gasteiger partial charge in [-0.15, -0.1) is 0 Å². The van der Waals surface area contributed by atoms with E-state index in [1.807, 2.05) is 25.1 Å². The highest BCUT2D eigenvalue weighted by atomic mass is 32.2. The molecular weight excluding hydrogens is 264 g/mol. The first-order valence-electron chi connectivity index (χ1n) is 6.37. The first kappa shape index (κ1) is 15.6. The van der Waals surface area contributed by atoms with Crippen LogP contribution in [0, 0.1) is 0 Å². The lowest BCUT2D eigenvalue weighted by molar-refractivity contribution is 0.319. The van der Waals surface area contributed by atoms with Crippen LogP contribution in [0.2, 0.25) is 0 Å². The van der Waals surface area contributed by atoms with Gasteiger partial charge in [-0.2, -0.15) is 0 Å². The number of benzene rings is 1. The van der Waals surface area contributed by atoms with Crippen molar-refractivity contribution in [1.82, 2.24) is 0 Å². The summed E-state index contributed by atoms with van der Waals surface area (Å²) in [6.45, 7) is 3.22. The highest BCUT2D eigenvalue weighted by Gasteiger charge is 2.06. The van der Waals surface area contributed by atoms with Crippen molar-refractivity contribution in [2.24, 2.45) is 0 Å². The fraction of sp³-hybridized carbons (Fsp3) is 0.538. The van der Waals surface area contributed by atoms with E-state index >= 15 is 0 Å². The van der Waals surface area contributed by atoms with E-state index in [0.29, 0.717) is 31.0 Å². The average molecular weight is 286 g/mol. The van der Waals surface area contributed by atoms with Crippen molar-refractivity contribution in [2.45, 2.75) is 19.8 Å². The first-order valence-corrected chi connectivity index (χ1v) is 8.43. The molecule has 0 saturated heterocycles. The normalized spacial score (nSPS) is 11.3. The Morgan fingerprint density at radius 1 is 1.37 bits per heavy atom. The standard InChI is InChI=1S/C13H22N2O3S/c1-3-9-18-12-7-4-6-11(13(12)14)15-8-5-10-19(2,16)17/h4,6-7,15H,3,5,8-10,14H2,1-2H3. The smallest absolute Gasteiger partial charge is 0.147 e. The number of nitrogens with one attached hydrogen (secondary N) is 1. The fourth-order valence-corrected chi connectivity index (χ4v) is 2.26. The van der Waals surface area contributed by atoms with Crippen LogP contribution in [0.3, 0.4) is 0 Å². The van der Waals surface area contributed by atoms with Gasteiger partial charge in [-0.3, -0.25) is 0 Å². The maximum atomic E-state index is 11.0. The summed E-state index contributed by atoms with van der Waals surface area (Å²) in [5, 5.41) is 3.13. The summed E-state index contributed by atoms with van der Waals surface area (Å²) in [5.74, 6) is 0.835. The molecule has 3 N–H and O–H groups in total. The van der Waals surface area contributed by atoms with Crippen molar-refractivity contribution in [3.05, 3.63) is 18.2 Å². The molecule has 0 aliphatic rings. The number of para-hydroxylation sites is 1. The monoisotopic (exact) mass is 286 g/mol. The molecule has 0 aromatic heterocycles. The van der Waals surface area contributed by atoms with E-state index in [-0.39, 0.29) is 5.75 Å². The van der Waals surface area contributed by atoms with Crippen molar-refractivity contribution in [1.29, 1.82) is 0 Å². The van der Waals surface area contributed by atoms with Crippen LogP contribution < -0.4 is 15.8 Å². The van der Waals surface area contributed by atoms with Crippen LogP contribution in [0.4, 0.5) is 11.4 Å². The lowest BCUT2D eigenvalue weighted by Crippen LogP contribution is -2.11. The lowest BCUT2D eigenvalue weighted by atomic mass is 10.2. The molecule has 1 aromatic carbocycles. The van der Waals surface area contributed by atoms with Gasteiger partial charge in [0.1, 0.15) is 15.6 Å². The second kappa shape index (κ2) is 7.23. The van der Waals surface area contributed by atoms with Crippen molar-refractivity contribution >= 4 is 21.2 Å². The third-order valence-corrected chi connectivity index (χ3v) is 3.57. The number of hydrogen-bond acceptors (Lipinski definition) is 5. The molecule has 1 aromatic rings. The predicted molar refractivity (Wildman–Crippen MR) is 79.5 cm³/mol. The van der Waals surface area contributed by atoms with E-state index in [1.165, 1.54) is 6.26 Å². The fourth-order valence-electron chi connectivity index (χ4n) is 1.59. The summed E-state index contributed by atoms with van der Waals surface area (Å²) in [7, 11) is -2.90. The van der Waals surface area contributed by atoms with Gasteiger partial charge in [0, 0.05) is 12.8 Å². The van der Waals surface area contributed by atoms with Gasteiger partial charge < -0.3 is 15.8 Å². The van der Waals surface area contributed by atoms with Crippen molar-refractivity contribution in [2.75, 3.05) is 36.2 Å². The molecular formula is C13H22N2O3S. The molecule has 0 unspecified atom stereocenters. The summed E-state index contributed by atoms with van der Waals surface area (Å²) < 4.78 is 27.5. The second-order valence-corrected chi connectivity index (χ2v) is 6.74. The summed E-state index contributed by atoms with van der Waals surface area (Å²) in [5.41, 5.74) is 7.33. The van der Waals surface area contributed by atoms with Crippen molar-refractivity contribution < 1.29 is 13.2 Å². The molecule has 0 bridgehead atoms. The topological polar surface area (TPSA) is 81.4 Å². The quantitative estimate of drug-likeness (QED) is 0.563. The Kier molecular flexibility index (Phi) is 5.95. The van der Waals surface area contributed by atoms with Gasteiger partial charge in [0.2, 0.25) is 0 Å². The van der Waals surface area contributed by atoms with Gasteiger partial charge in [0.25, 0.3) is 0 Å². The summed E-state index contributed by atoms with van der Waals surface area (Å²) >= 11 is 0. The molecule has 19 heavy (non-hydrogen) atoms. The molecule has 0 amide bonds. The molecule has 6 heteroatoms. The Hall–Kier alpha value is -1.43. The van der Waals surface area contributed by atoms with Crippen LogP contribution in [0.25, 0.3) is 0 Å². The zero-order valence-corrected chi connectivity index (χ0v) is 12.3. The van der Waals surface area contributed by atoms with Crippen LogP contribution >= 0.6 is 0 Å². The minimum Gasteiger partial charge on any atom is -0.491 e. The van der Waals surface area contributed by atoms with E-state index in [9.17, 15) is 8.42 Å². The Labute approximate surface area is 115 Å². The Morgan fingerprint density at radius 3 is 2.74 bits per heavy atom. The molecule has 1 rings (SSSR count). The van der Waals surface area contributed by atoms with E-state index in [2.05, 4.69) is 5.32 Å². The minimum atomic E-state index is -2.90. The minimum absolute atomic E-state index is 0.173. The van der Waals surface area contributed by atoms with Crippen LogP contribution in [0.15, 0.2) is 18.2 Å². The molecule has 5 nitrogen and oxygen atoms in total. The van der Waals surface area contributed by atoms with Crippen molar-refractivity contribution in [3.8, 4) is 5.75 Å². The van der Waals surface area contributed by atoms with E-state index in [1.54, 1.807) is 0 Å². The number of anilines is 2. The van der Waals surface area contributed by atoms with Crippen LogP contribution in [0.1, 0.15) is 19.8 Å². The van der Waals surface area contributed by atoms with Crippen molar-refractivity contribution in [3.63, 3.8) is 0 Å². The van der Waals surface area contributed by atoms with E-state index in [4.69, 9.17) is 10.5 Å². The Morgan fingerprint density at radius 2 is 2.11 bits per heavy atom. The number of nitrogen functional groups attached to an aromatic ring is 1. The highest BCUT2D eigenvalue weighted by Crippen LogP contribution is 2.29. The van der Waals surface area contributed by atoms with Gasteiger partial charge in [-0.1, -0.05) is 13.0 Å². The molecule has 108 valence electrons. The number of ether oxygens (including phenoxy) is 1. The average Bonchev–Trinajstić information content (AvgIpc) is 2.33. The maximum absolute atomic E-state index is 11.0. The van der Waals surface area contributed by atoms with Gasteiger partial charge >= 0.3 is 0 Å². The zero-order valence-electron chi connectivity index (χ0n) is 11.5.